The zero-order chi connectivity index (χ0) is 11.5. The summed E-state index contributed by atoms with van der Waals surface area (Å²) in [6.07, 6.45) is 4.31. The van der Waals surface area contributed by atoms with Crippen LogP contribution in [0.25, 0.3) is 0 Å². The lowest BCUT2D eigenvalue weighted by Crippen LogP contribution is -2.05. The summed E-state index contributed by atoms with van der Waals surface area (Å²) in [6, 6.07) is 6.08. The Labute approximate surface area is 102 Å². The number of rotatable bonds is 1. The molecule has 0 aromatic heterocycles. The van der Waals surface area contributed by atoms with Gasteiger partial charge in [-0.15, -0.1) is 0 Å². The molecule has 86 valence electrons. The third-order valence-corrected chi connectivity index (χ3v) is 2.93. The Bertz CT molecular complexity index is 410. The summed E-state index contributed by atoms with van der Waals surface area (Å²) >= 11 is 5.99. The van der Waals surface area contributed by atoms with Crippen molar-refractivity contribution < 1.29 is 0 Å². The minimum atomic E-state index is 0.797. The maximum atomic E-state index is 5.99. The van der Waals surface area contributed by atoms with Crippen molar-refractivity contribution in [3.05, 3.63) is 40.6 Å². The molecule has 0 bridgehead atoms. The molecule has 1 aromatic carbocycles. The molecule has 0 aliphatic carbocycles. The van der Waals surface area contributed by atoms with Gasteiger partial charge in [-0.25, -0.2) is 0 Å². The van der Waals surface area contributed by atoms with Crippen LogP contribution < -0.4 is 5.32 Å². The number of halogens is 1. The Hall–Kier alpha value is -1.15. The lowest BCUT2D eigenvalue weighted by atomic mass is 10.0. The first kappa shape index (κ1) is 11.3. The third kappa shape index (κ3) is 2.70. The smallest absolute Gasteiger partial charge is 0.0426 e. The van der Waals surface area contributed by atoms with E-state index in [2.05, 4.69) is 36.6 Å². The molecule has 0 saturated heterocycles. The summed E-state index contributed by atoms with van der Waals surface area (Å²) in [5.41, 5.74) is 3.96. The molecule has 0 atom stereocenters. The van der Waals surface area contributed by atoms with E-state index in [0.717, 1.165) is 24.4 Å². The quantitative estimate of drug-likeness (QED) is 0.806. The molecule has 1 aliphatic heterocycles. The highest BCUT2D eigenvalue weighted by Gasteiger charge is 2.10. The second kappa shape index (κ2) is 4.79. The molecule has 1 aromatic rings. The molecule has 16 heavy (non-hydrogen) atoms. The van der Waals surface area contributed by atoms with Gasteiger partial charge in [0.05, 0.1) is 0 Å². The highest BCUT2D eigenvalue weighted by Crippen LogP contribution is 2.27. The van der Waals surface area contributed by atoms with Crippen molar-refractivity contribution in [3.63, 3.8) is 0 Å². The third-order valence-electron chi connectivity index (χ3n) is 2.69. The lowest BCUT2D eigenvalue weighted by Gasteiger charge is -2.10. The van der Waals surface area contributed by atoms with Gasteiger partial charge >= 0.3 is 0 Å². The Kier molecular flexibility index (Phi) is 3.39. The fourth-order valence-corrected chi connectivity index (χ4v) is 2.21. The fraction of sp³-hybridized carbons (Fsp3) is 0.385. The maximum absolute atomic E-state index is 5.99. The summed E-state index contributed by atoms with van der Waals surface area (Å²) in [4.78, 5) is 2.11. The molecule has 0 spiro atoms. The van der Waals surface area contributed by atoms with Crippen LogP contribution in [0.5, 0.6) is 0 Å². The molecule has 0 radical (unpaired) electrons. The van der Waals surface area contributed by atoms with Crippen molar-refractivity contribution in [3.8, 4) is 0 Å². The Morgan fingerprint density at radius 3 is 2.94 bits per heavy atom. The average Bonchev–Trinajstić information content (AvgIpc) is 2.38. The van der Waals surface area contributed by atoms with Gasteiger partial charge in [0.15, 0.2) is 0 Å². The Morgan fingerprint density at radius 2 is 2.19 bits per heavy atom. The van der Waals surface area contributed by atoms with Crippen LogP contribution in [0, 0.1) is 0 Å². The molecule has 0 amide bonds. The van der Waals surface area contributed by atoms with Crippen LogP contribution in [-0.2, 0) is 6.42 Å². The van der Waals surface area contributed by atoms with Gasteiger partial charge in [0.1, 0.15) is 0 Å². The lowest BCUT2D eigenvalue weighted by molar-refractivity contribution is 0.553. The largest absolute Gasteiger partial charge is 0.384 e. The standard InChI is InChI=1S/C13H17ClN2/c1-16(2)9-10-5-6-15-13-8-12(14)4-3-11(13)7-10/h3-4,8-9,15H,5-7H2,1-2H3. The van der Waals surface area contributed by atoms with Crippen LogP contribution in [0.2, 0.25) is 5.02 Å². The number of benzene rings is 1. The summed E-state index contributed by atoms with van der Waals surface area (Å²) in [5.74, 6) is 0. The molecule has 1 N–H and O–H groups in total. The van der Waals surface area contributed by atoms with Gasteiger partial charge in [-0.1, -0.05) is 17.7 Å². The fourth-order valence-electron chi connectivity index (χ4n) is 2.03. The van der Waals surface area contributed by atoms with E-state index in [9.17, 15) is 0 Å². The highest BCUT2D eigenvalue weighted by molar-refractivity contribution is 6.30. The predicted octanol–water partition coefficient (Wildman–Crippen LogP) is 3.14. The first-order valence-corrected chi connectivity index (χ1v) is 5.91. The van der Waals surface area contributed by atoms with E-state index in [4.69, 9.17) is 11.6 Å². The van der Waals surface area contributed by atoms with Crippen molar-refractivity contribution in [1.82, 2.24) is 4.90 Å². The van der Waals surface area contributed by atoms with Crippen molar-refractivity contribution in [2.75, 3.05) is 26.0 Å². The van der Waals surface area contributed by atoms with Crippen LogP contribution in [0.15, 0.2) is 30.0 Å². The molecule has 2 nitrogen and oxygen atoms in total. The zero-order valence-electron chi connectivity index (χ0n) is 9.76. The minimum absolute atomic E-state index is 0.797. The van der Waals surface area contributed by atoms with E-state index in [1.807, 2.05) is 12.1 Å². The van der Waals surface area contributed by atoms with E-state index in [0.29, 0.717) is 0 Å². The monoisotopic (exact) mass is 236 g/mol. The van der Waals surface area contributed by atoms with Gasteiger partial charge in [-0.2, -0.15) is 0 Å². The average molecular weight is 237 g/mol. The summed E-state index contributed by atoms with van der Waals surface area (Å²) in [6.45, 7) is 0.979. The van der Waals surface area contributed by atoms with E-state index < -0.39 is 0 Å². The molecule has 1 aliphatic rings. The van der Waals surface area contributed by atoms with Gasteiger partial charge < -0.3 is 10.2 Å². The zero-order valence-corrected chi connectivity index (χ0v) is 10.5. The first-order valence-electron chi connectivity index (χ1n) is 5.53. The summed E-state index contributed by atoms with van der Waals surface area (Å²) < 4.78 is 0. The van der Waals surface area contributed by atoms with Gasteiger partial charge in [-0.3, -0.25) is 0 Å². The Morgan fingerprint density at radius 1 is 1.38 bits per heavy atom. The normalized spacial score (nSPS) is 17.6. The van der Waals surface area contributed by atoms with Crippen LogP contribution in [0.4, 0.5) is 5.69 Å². The summed E-state index contributed by atoms with van der Waals surface area (Å²) in [7, 11) is 4.13. The number of hydrogen-bond acceptors (Lipinski definition) is 2. The van der Waals surface area contributed by atoms with Crippen LogP contribution in [-0.4, -0.2) is 25.5 Å². The summed E-state index contributed by atoms with van der Waals surface area (Å²) in [5, 5.41) is 4.22. The molecule has 3 heteroatoms. The van der Waals surface area contributed by atoms with Crippen molar-refractivity contribution in [1.29, 1.82) is 0 Å². The first-order chi connectivity index (χ1) is 7.65. The van der Waals surface area contributed by atoms with Crippen LogP contribution in [0.3, 0.4) is 0 Å². The van der Waals surface area contributed by atoms with Crippen molar-refractivity contribution >= 4 is 17.3 Å². The molecule has 0 saturated carbocycles. The number of nitrogens with zero attached hydrogens (tertiary/aromatic N) is 1. The van der Waals surface area contributed by atoms with Crippen molar-refractivity contribution in [2.45, 2.75) is 12.8 Å². The molecular formula is C13H17ClN2. The molecular weight excluding hydrogens is 220 g/mol. The van der Waals surface area contributed by atoms with E-state index >= 15 is 0 Å². The van der Waals surface area contributed by atoms with Crippen LogP contribution >= 0.6 is 11.6 Å². The molecule has 0 unspecified atom stereocenters. The van der Waals surface area contributed by atoms with Gasteiger partial charge in [0, 0.05) is 31.4 Å². The second-order valence-electron chi connectivity index (χ2n) is 4.41. The predicted molar refractivity (Wildman–Crippen MR) is 70.0 cm³/mol. The Balaban J connectivity index is 2.28. The van der Waals surface area contributed by atoms with Gasteiger partial charge in [-0.05, 0) is 42.3 Å². The van der Waals surface area contributed by atoms with Gasteiger partial charge in [0.2, 0.25) is 0 Å². The second-order valence-corrected chi connectivity index (χ2v) is 4.84. The molecule has 2 rings (SSSR count). The van der Waals surface area contributed by atoms with Crippen molar-refractivity contribution in [2.24, 2.45) is 0 Å². The van der Waals surface area contributed by atoms with E-state index in [1.54, 1.807) is 0 Å². The number of hydrogen-bond donors (Lipinski definition) is 1. The number of anilines is 1. The number of fused-ring (bicyclic) bond motifs is 1. The topological polar surface area (TPSA) is 15.3 Å². The minimum Gasteiger partial charge on any atom is -0.384 e. The van der Waals surface area contributed by atoms with E-state index in [1.165, 1.54) is 16.8 Å². The highest BCUT2D eigenvalue weighted by atomic mass is 35.5. The molecule has 0 fully saturated rings. The molecule has 1 heterocycles. The maximum Gasteiger partial charge on any atom is 0.0426 e. The van der Waals surface area contributed by atoms with Crippen LogP contribution in [0.1, 0.15) is 12.0 Å². The van der Waals surface area contributed by atoms with E-state index in [-0.39, 0.29) is 0 Å². The van der Waals surface area contributed by atoms with Gasteiger partial charge in [0.25, 0.3) is 0 Å². The number of nitrogens with one attached hydrogen (secondary N) is 1. The SMILES string of the molecule is CN(C)C=C1CCNc2cc(Cl)ccc2C1.